The maximum Gasteiger partial charge on any atom is 0.109 e. The molecule has 0 aliphatic carbocycles. The van der Waals surface area contributed by atoms with Gasteiger partial charge in [0.25, 0.3) is 0 Å². The Morgan fingerprint density at radius 2 is 2.50 bits per heavy atom. The van der Waals surface area contributed by atoms with Crippen LogP contribution in [0.3, 0.4) is 0 Å². The molecular formula is C7H13IO2. The third-order valence-corrected chi connectivity index (χ3v) is 2.36. The predicted octanol–water partition coefficient (Wildman–Crippen LogP) is 2.17. The van der Waals surface area contributed by atoms with Crippen LogP contribution in [-0.2, 0) is 7.80 Å². The van der Waals surface area contributed by atoms with Gasteiger partial charge in [-0.05, 0) is 18.8 Å². The standard InChI is InChI=1S/C7H13IO2/c1-6-3-2-4-9-7(6)5-10-8/h6-7H,2-5H2,1H3. The van der Waals surface area contributed by atoms with E-state index in [1.165, 1.54) is 12.8 Å². The summed E-state index contributed by atoms with van der Waals surface area (Å²) < 4.78 is 10.5. The Labute approximate surface area is 76.0 Å². The molecule has 0 spiro atoms. The van der Waals surface area contributed by atoms with Gasteiger partial charge in [-0.2, -0.15) is 0 Å². The van der Waals surface area contributed by atoms with Crippen LogP contribution in [0.4, 0.5) is 0 Å². The highest BCUT2D eigenvalue weighted by Gasteiger charge is 2.21. The fourth-order valence-electron chi connectivity index (χ4n) is 1.26. The van der Waals surface area contributed by atoms with Crippen molar-refractivity contribution < 1.29 is 7.80 Å². The van der Waals surface area contributed by atoms with Gasteiger partial charge < -0.3 is 7.80 Å². The second kappa shape index (κ2) is 4.51. The minimum absolute atomic E-state index is 0.339. The van der Waals surface area contributed by atoms with Gasteiger partial charge in [0, 0.05) is 6.61 Å². The molecule has 2 nitrogen and oxygen atoms in total. The van der Waals surface area contributed by atoms with Gasteiger partial charge in [-0.25, -0.2) is 0 Å². The summed E-state index contributed by atoms with van der Waals surface area (Å²) >= 11 is 1.92. The summed E-state index contributed by atoms with van der Waals surface area (Å²) in [6, 6.07) is 0. The Morgan fingerprint density at radius 3 is 3.10 bits per heavy atom. The zero-order valence-electron chi connectivity index (χ0n) is 6.18. The Bertz CT molecular complexity index is 95.6. The highest BCUT2D eigenvalue weighted by atomic mass is 127. The number of hydrogen-bond donors (Lipinski definition) is 0. The minimum atomic E-state index is 0.339. The van der Waals surface area contributed by atoms with Crippen LogP contribution >= 0.6 is 23.0 Å². The molecule has 0 N–H and O–H groups in total. The third kappa shape index (κ3) is 2.36. The fourth-order valence-corrected chi connectivity index (χ4v) is 1.62. The first-order valence-corrected chi connectivity index (χ1v) is 4.58. The molecule has 0 aromatic carbocycles. The average Bonchev–Trinajstić information content (AvgIpc) is 1.94. The molecular weight excluding hydrogens is 243 g/mol. The van der Waals surface area contributed by atoms with Crippen molar-refractivity contribution in [3.63, 3.8) is 0 Å². The summed E-state index contributed by atoms with van der Waals surface area (Å²) in [4.78, 5) is 0. The molecule has 2 atom stereocenters. The first-order chi connectivity index (χ1) is 4.84. The van der Waals surface area contributed by atoms with Crippen LogP contribution in [0.2, 0.25) is 0 Å². The Morgan fingerprint density at radius 1 is 1.70 bits per heavy atom. The molecule has 2 unspecified atom stereocenters. The zero-order valence-corrected chi connectivity index (χ0v) is 8.34. The molecule has 60 valence electrons. The molecule has 1 heterocycles. The summed E-state index contributed by atoms with van der Waals surface area (Å²) in [5.41, 5.74) is 0. The summed E-state index contributed by atoms with van der Waals surface area (Å²) in [7, 11) is 0. The number of rotatable bonds is 2. The maximum atomic E-state index is 5.50. The lowest BCUT2D eigenvalue weighted by Crippen LogP contribution is -2.30. The number of hydrogen-bond acceptors (Lipinski definition) is 2. The third-order valence-electron chi connectivity index (χ3n) is 2.00. The van der Waals surface area contributed by atoms with Crippen LogP contribution < -0.4 is 0 Å². The van der Waals surface area contributed by atoms with E-state index in [-0.39, 0.29) is 0 Å². The van der Waals surface area contributed by atoms with Crippen LogP contribution in [-0.4, -0.2) is 19.3 Å². The van der Waals surface area contributed by atoms with Crippen molar-refractivity contribution in [3.8, 4) is 0 Å². The van der Waals surface area contributed by atoms with E-state index in [9.17, 15) is 0 Å². The van der Waals surface area contributed by atoms with Crippen molar-refractivity contribution in [3.05, 3.63) is 0 Å². The van der Waals surface area contributed by atoms with Crippen LogP contribution in [0.25, 0.3) is 0 Å². The lowest BCUT2D eigenvalue weighted by Gasteiger charge is -2.27. The SMILES string of the molecule is CC1CCCOC1COI. The van der Waals surface area contributed by atoms with Crippen molar-refractivity contribution in [2.24, 2.45) is 5.92 Å². The summed E-state index contributed by atoms with van der Waals surface area (Å²) in [5.74, 6) is 0.670. The van der Waals surface area contributed by atoms with E-state index in [1.54, 1.807) is 0 Å². The Kier molecular flexibility index (Phi) is 3.95. The van der Waals surface area contributed by atoms with E-state index in [1.807, 2.05) is 23.0 Å². The molecule has 0 saturated carbocycles. The molecule has 1 rings (SSSR count). The second-order valence-electron chi connectivity index (χ2n) is 2.80. The van der Waals surface area contributed by atoms with Gasteiger partial charge in [0.05, 0.1) is 12.7 Å². The van der Waals surface area contributed by atoms with Crippen LogP contribution in [0, 0.1) is 5.92 Å². The van der Waals surface area contributed by atoms with Gasteiger partial charge in [0.15, 0.2) is 0 Å². The monoisotopic (exact) mass is 256 g/mol. The summed E-state index contributed by atoms with van der Waals surface area (Å²) in [6.07, 6.45) is 2.83. The van der Waals surface area contributed by atoms with E-state index in [4.69, 9.17) is 7.80 Å². The lowest BCUT2D eigenvalue weighted by molar-refractivity contribution is -0.0368. The molecule has 10 heavy (non-hydrogen) atoms. The normalized spacial score (nSPS) is 34.2. The minimum Gasteiger partial charge on any atom is -0.376 e. The molecule has 0 bridgehead atoms. The highest BCUT2D eigenvalue weighted by molar-refractivity contribution is 14.1. The van der Waals surface area contributed by atoms with Crippen molar-refractivity contribution >= 4 is 23.0 Å². The topological polar surface area (TPSA) is 18.5 Å². The van der Waals surface area contributed by atoms with E-state index >= 15 is 0 Å². The smallest absolute Gasteiger partial charge is 0.109 e. The summed E-state index contributed by atoms with van der Waals surface area (Å²) in [6.45, 7) is 3.87. The van der Waals surface area contributed by atoms with E-state index < -0.39 is 0 Å². The molecule has 1 fully saturated rings. The van der Waals surface area contributed by atoms with Gasteiger partial charge in [0.1, 0.15) is 23.0 Å². The molecule has 0 amide bonds. The van der Waals surface area contributed by atoms with Crippen molar-refractivity contribution in [1.82, 2.24) is 0 Å². The molecule has 1 saturated heterocycles. The van der Waals surface area contributed by atoms with Crippen LogP contribution in [0.5, 0.6) is 0 Å². The van der Waals surface area contributed by atoms with Crippen molar-refractivity contribution in [1.29, 1.82) is 0 Å². The Hall–Kier alpha value is 0.650. The van der Waals surface area contributed by atoms with Gasteiger partial charge >= 0.3 is 0 Å². The molecule has 0 aromatic heterocycles. The zero-order chi connectivity index (χ0) is 7.40. The molecule has 3 heteroatoms. The average molecular weight is 256 g/mol. The molecule has 1 aliphatic rings. The molecule has 0 radical (unpaired) electrons. The fraction of sp³-hybridized carbons (Fsp3) is 1.00. The summed E-state index contributed by atoms with van der Waals surface area (Å²) in [5, 5.41) is 0. The van der Waals surface area contributed by atoms with Gasteiger partial charge in [-0.15, -0.1) is 0 Å². The van der Waals surface area contributed by atoms with Crippen molar-refractivity contribution in [2.45, 2.75) is 25.9 Å². The molecule has 1 aliphatic heterocycles. The van der Waals surface area contributed by atoms with Crippen LogP contribution in [0.1, 0.15) is 19.8 Å². The van der Waals surface area contributed by atoms with Crippen LogP contribution in [0.15, 0.2) is 0 Å². The van der Waals surface area contributed by atoms with Crippen molar-refractivity contribution in [2.75, 3.05) is 13.2 Å². The van der Waals surface area contributed by atoms with Gasteiger partial charge in [-0.3, -0.25) is 0 Å². The first kappa shape index (κ1) is 8.74. The molecule has 0 aromatic rings. The lowest BCUT2D eigenvalue weighted by atomic mass is 9.97. The quantitative estimate of drug-likeness (QED) is 0.705. The second-order valence-corrected chi connectivity index (χ2v) is 3.43. The number of halogens is 1. The predicted molar refractivity (Wildman–Crippen MR) is 48.1 cm³/mol. The van der Waals surface area contributed by atoms with E-state index in [0.29, 0.717) is 12.0 Å². The highest BCUT2D eigenvalue weighted by Crippen LogP contribution is 2.20. The van der Waals surface area contributed by atoms with Gasteiger partial charge in [-0.1, -0.05) is 6.92 Å². The number of ether oxygens (including phenoxy) is 1. The maximum absolute atomic E-state index is 5.50. The van der Waals surface area contributed by atoms with E-state index in [0.717, 1.165) is 13.2 Å². The largest absolute Gasteiger partial charge is 0.376 e. The van der Waals surface area contributed by atoms with E-state index in [2.05, 4.69) is 6.92 Å². The van der Waals surface area contributed by atoms with Gasteiger partial charge in [0.2, 0.25) is 0 Å². The first-order valence-electron chi connectivity index (χ1n) is 3.69. The Balaban J connectivity index is 2.25.